The van der Waals surface area contributed by atoms with E-state index in [4.69, 9.17) is 17.7 Å². The summed E-state index contributed by atoms with van der Waals surface area (Å²) < 4.78 is 29.0. The van der Waals surface area contributed by atoms with Gasteiger partial charge in [0, 0.05) is 88.1 Å². The van der Waals surface area contributed by atoms with Crippen LogP contribution in [0, 0.1) is 0 Å². The third kappa shape index (κ3) is 8.07. The van der Waals surface area contributed by atoms with Crippen LogP contribution in [-0.2, 0) is 0 Å². The van der Waals surface area contributed by atoms with Crippen molar-refractivity contribution in [3.8, 4) is 44.5 Å². The predicted molar refractivity (Wildman–Crippen MR) is 382 cm³/mol. The fourth-order valence-corrected chi connectivity index (χ4v) is 14.4. The van der Waals surface area contributed by atoms with E-state index < -0.39 is 0 Å². The van der Waals surface area contributed by atoms with Crippen LogP contribution in [0.3, 0.4) is 0 Å². The van der Waals surface area contributed by atoms with Crippen LogP contribution in [0.4, 0.5) is 34.1 Å². The van der Waals surface area contributed by atoms with Crippen molar-refractivity contribution in [3.05, 3.63) is 315 Å². The number of hydrogen-bond acceptors (Lipinski definition) is 6. The van der Waals surface area contributed by atoms with E-state index in [1.165, 1.54) is 0 Å². The lowest BCUT2D eigenvalue weighted by Crippen LogP contribution is -2.10. The highest BCUT2D eigenvalue weighted by Crippen LogP contribution is 2.53. The number of fused-ring (bicyclic) bond motifs is 14. The van der Waals surface area contributed by atoms with Crippen LogP contribution < -0.4 is 9.80 Å². The lowest BCUT2D eigenvalue weighted by Gasteiger charge is -2.25. The molecule has 430 valence electrons. The first-order valence-electron chi connectivity index (χ1n) is 31.2. The summed E-state index contributed by atoms with van der Waals surface area (Å²) >= 11 is 0. The molecule has 15 aromatic carbocycles. The molecule has 0 fully saturated rings. The van der Waals surface area contributed by atoms with Gasteiger partial charge in [0.05, 0.1) is 11.4 Å². The normalized spacial score (nSPS) is 11.9. The molecule has 0 aliphatic rings. The summed E-state index contributed by atoms with van der Waals surface area (Å²) in [7, 11) is 0. The molecule has 0 amide bonds. The molecule has 6 heteroatoms. The minimum Gasteiger partial charge on any atom is -0.455 e. The van der Waals surface area contributed by atoms with Crippen molar-refractivity contribution in [2.75, 3.05) is 9.80 Å². The first-order valence-corrected chi connectivity index (χ1v) is 31.2. The molecule has 6 nitrogen and oxygen atoms in total. The minimum atomic E-state index is 0.783. The first kappa shape index (κ1) is 51.6. The summed E-state index contributed by atoms with van der Waals surface area (Å²) in [6.07, 6.45) is 0. The highest BCUT2D eigenvalue weighted by atomic mass is 16.3. The zero-order valence-electron chi connectivity index (χ0n) is 49.5. The zero-order chi connectivity index (χ0) is 60.4. The average molecular weight is 1180 g/mol. The second-order valence-electron chi connectivity index (χ2n) is 23.8. The van der Waals surface area contributed by atoms with E-state index in [1.807, 2.05) is 12.1 Å². The molecule has 0 saturated heterocycles. The Bertz CT molecular complexity index is 5730. The molecule has 0 atom stereocenters. The largest absolute Gasteiger partial charge is 0.455 e. The van der Waals surface area contributed by atoms with Gasteiger partial charge < -0.3 is 27.5 Å². The molecule has 0 aliphatic heterocycles. The summed E-state index contributed by atoms with van der Waals surface area (Å²) in [5.41, 5.74) is 20.8. The van der Waals surface area contributed by atoms with Gasteiger partial charge in [0.15, 0.2) is 11.2 Å². The van der Waals surface area contributed by atoms with Gasteiger partial charge in [-0.05, 0) is 129 Å². The van der Waals surface area contributed by atoms with Gasteiger partial charge in [0.2, 0.25) is 0 Å². The summed E-state index contributed by atoms with van der Waals surface area (Å²) in [5.74, 6) is 0. The Morgan fingerprint density at radius 3 is 0.946 bits per heavy atom. The van der Waals surface area contributed by atoms with Gasteiger partial charge in [0.1, 0.15) is 33.5 Å². The number of anilines is 6. The molecule has 0 saturated carbocycles. The molecule has 4 aromatic heterocycles. The van der Waals surface area contributed by atoms with E-state index in [1.54, 1.807) is 0 Å². The molecule has 19 rings (SSSR count). The van der Waals surface area contributed by atoms with E-state index >= 15 is 0 Å². The van der Waals surface area contributed by atoms with Crippen molar-refractivity contribution in [3.63, 3.8) is 0 Å². The van der Waals surface area contributed by atoms with Crippen molar-refractivity contribution in [2.45, 2.75) is 0 Å². The molecular weight excluding hydrogens is 1120 g/mol. The van der Waals surface area contributed by atoms with E-state index in [0.29, 0.717) is 0 Å². The third-order valence-electron chi connectivity index (χ3n) is 18.5. The number of rotatable bonds is 10. The van der Waals surface area contributed by atoms with Crippen molar-refractivity contribution in [2.24, 2.45) is 0 Å². The average Bonchev–Trinajstić information content (AvgIpc) is 1.53. The Balaban J connectivity index is 0.798. The van der Waals surface area contributed by atoms with E-state index in [0.717, 1.165) is 188 Å². The molecule has 0 spiro atoms. The number of hydrogen-bond donors (Lipinski definition) is 0. The lowest BCUT2D eigenvalue weighted by molar-refractivity contribution is 0.666. The van der Waals surface area contributed by atoms with Crippen molar-refractivity contribution >= 4 is 143 Å². The van der Waals surface area contributed by atoms with Crippen LogP contribution in [-0.4, -0.2) is 0 Å². The molecule has 19 aromatic rings. The van der Waals surface area contributed by atoms with Crippen LogP contribution in [0.15, 0.2) is 333 Å². The maximum absolute atomic E-state index is 7.45. The topological polar surface area (TPSA) is 59.0 Å². The molecule has 0 aliphatic carbocycles. The van der Waals surface area contributed by atoms with Crippen LogP contribution in [0.25, 0.3) is 154 Å². The molecule has 92 heavy (non-hydrogen) atoms. The molecule has 0 radical (unpaired) electrons. The Labute approximate surface area is 527 Å². The van der Waals surface area contributed by atoms with Crippen LogP contribution in [0.5, 0.6) is 0 Å². The third-order valence-corrected chi connectivity index (χ3v) is 18.5. The first-order chi connectivity index (χ1) is 45.6. The highest BCUT2D eigenvalue weighted by molar-refractivity contribution is 6.31. The summed E-state index contributed by atoms with van der Waals surface area (Å²) in [4.78, 5) is 4.62. The number of furan rings is 4. The quantitative estimate of drug-likeness (QED) is 0.136. The van der Waals surface area contributed by atoms with E-state index in [2.05, 4.69) is 313 Å². The molecule has 4 heterocycles. The highest BCUT2D eigenvalue weighted by Gasteiger charge is 2.29. The van der Waals surface area contributed by atoms with Gasteiger partial charge in [-0.15, -0.1) is 0 Å². The van der Waals surface area contributed by atoms with Gasteiger partial charge >= 0.3 is 0 Å². The molecule has 0 unspecified atom stereocenters. The number of para-hydroxylation sites is 6. The van der Waals surface area contributed by atoms with Gasteiger partial charge in [-0.2, -0.15) is 0 Å². The van der Waals surface area contributed by atoms with Gasteiger partial charge in [-0.3, -0.25) is 0 Å². The summed E-state index contributed by atoms with van der Waals surface area (Å²) in [6, 6.07) is 112. The second kappa shape index (κ2) is 20.6. The monoisotopic (exact) mass is 1180 g/mol. The molecular formula is C86H52N2O4. The van der Waals surface area contributed by atoms with E-state index in [9.17, 15) is 0 Å². The van der Waals surface area contributed by atoms with Crippen molar-refractivity contribution < 1.29 is 17.7 Å². The zero-order valence-corrected chi connectivity index (χ0v) is 49.5. The maximum atomic E-state index is 7.45. The standard InChI is InChI=1S/C86H52N2O4/c1-7-23-53(24-8-1)65-35-19-37-67-69-39-21-41-73(83(69)91-81(65)67)87(61-31-15-5-16-32-61)63-45-43-57-49-71-75(51-59(57)47-63)89-85-78(56-29-13-4-14-30-56)80-72-50-58-44-46-64(48-60(58)52-76(72)90-86(80)77(79(71)85)55-27-11-3-12-28-55)88(62-33-17-6-18-34-62)74-42-22-40-70-68-38-20-36-66(82(68)92-84(70)74)54-25-9-2-10-26-54/h1-52H. The SMILES string of the molecule is c1ccc(-c2cccc3c2oc2c(N(c4ccccc4)c4ccc5cc6c(cc5c4)oc4c(-c5ccccc5)c5c(oc7cc8cc(N(c9ccccc9)c9cccc%10c9oc9c(-c%11ccccc%11)cccc9%10)ccc8cc75)c(-c5ccccc5)c46)cccc23)cc1. The smallest absolute Gasteiger partial charge is 0.159 e. The Kier molecular flexibility index (Phi) is 11.6. The number of benzene rings is 15. The van der Waals surface area contributed by atoms with Crippen LogP contribution in [0.2, 0.25) is 0 Å². The molecule has 0 N–H and O–H groups in total. The Hall–Kier alpha value is -12.4. The fourth-order valence-electron chi connectivity index (χ4n) is 14.4. The van der Waals surface area contributed by atoms with Gasteiger partial charge in [0.25, 0.3) is 0 Å². The van der Waals surface area contributed by atoms with Crippen molar-refractivity contribution in [1.29, 1.82) is 0 Å². The lowest BCUT2D eigenvalue weighted by atomic mass is 9.90. The van der Waals surface area contributed by atoms with Gasteiger partial charge in [-0.25, -0.2) is 0 Å². The van der Waals surface area contributed by atoms with Gasteiger partial charge in [-0.1, -0.05) is 231 Å². The minimum absolute atomic E-state index is 0.783. The maximum Gasteiger partial charge on any atom is 0.159 e. The number of nitrogens with zero attached hydrogens (tertiary/aromatic N) is 2. The second-order valence-corrected chi connectivity index (χ2v) is 23.8. The van der Waals surface area contributed by atoms with E-state index in [-0.39, 0.29) is 0 Å². The molecule has 0 bridgehead atoms. The Morgan fingerprint density at radius 1 is 0.207 bits per heavy atom. The fraction of sp³-hybridized carbons (Fsp3) is 0. The van der Waals surface area contributed by atoms with Crippen molar-refractivity contribution in [1.82, 2.24) is 0 Å². The summed E-state index contributed by atoms with van der Waals surface area (Å²) in [5, 5.41) is 12.5. The predicted octanol–water partition coefficient (Wildman–Crippen LogP) is 25.2. The Morgan fingerprint density at radius 2 is 0.554 bits per heavy atom. The summed E-state index contributed by atoms with van der Waals surface area (Å²) in [6.45, 7) is 0. The van der Waals surface area contributed by atoms with Crippen LogP contribution >= 0.6 is 0 Å². The van der Waals surface area contributed by atoms with Crippen LogP contribution in [0.1, 0.15) is 0 Å².